The summed E-state index contributed by atoms with van der Waals surface area (Å²) in [6, 6.07) is 29.1. The van der Waals surface area contributed by atoms with E-state index in [1.807, 2.05) is 48.2 Å². The Bertz CT molecular complexity index is 865. The van der Waals surface area contributed by atoms with Gasteiger partial charge in [0.05, 0.1) is 0 Å². The van der Waals surface area contributed by atoms with E-state index < -0.39 is 0 Å². The van der Waals surface area contributed by atoms with Gasteiger partial charge < -0.3 is 10.2 Å². The Morgan fingerprint density at radius 2 is 1.37 bits per heavy atom. The molecule has 1 N–H and O–H groups in total. The minimum atomic E-state index is -0.0348. The topological polar surface area (TPSA) is 32.3 Å². The van der Waals surface area contributed by atoms with Crippen LogP contribution in [0.3, 0.4) is 0 Å². The highest BCUT2D eigenvalue weighted by molar-refractivity contribution is 5.89. The molecule has 30 heavy (non-hydrogen) atoms. The van der Waals surface area contributed by atoms with E-state index >= 15 is 0 Å². The number of hydrogen-bond acceptors (Lipinski definition) is 1. The minimum absolute atomic E-state index is 0.0348. The molecule has 0 saturated heterocycles. The van der Waals surface area contributed by atoms with E-state index in [0.29, 0.717) is 12.5 Å². The van der Waals surface area contributed by atoms with Crippen molar-refractivity contribution in [1.29, 1.82) is 0 Å². The summed E-state index contributed by atoms with van der Waals surface area (Å²) in [5.74, 6) is 0.662. The van der Waals surface area contributed by atoms with Crippen molar-refractivity contribution >= 4 is 11.7 Å². The van der Waals surface area contributed by atoms with Gasteiger partial charge in [0.2, 0.25) is 0 Å². The maximum Gasteiger partial charge on any atom is 0.321 e. The minimum Gasteiger partial charge on any atom is -0.324 e. The zero-order valence-corrected chi connectivity index (χ0v) is 18.2. The molecule has 0 unspecified atom stereocenters. The van der Waals surface area contributed by atoms with Gasteiger partial charge in [0, 0.05) is 24.7 Å². The van der Waals surface area contributed by atoms with Crippen LogP contribution in [0.1, 0.15) is 42.9 Å². The summed E-state index contributed by atoms with van der Waals surface area (Å²) in [5.41, 5.74) is 4.59. The molecule has 0 heterocycles. The van der Waals surface area contributed by atoms with E-state index in [-0.39, 0.29) is 11.9 Å². The Morgan fingerprint density at radius 3 is 1.87 bits per heavy atom. The van der Waals surface area contributed by atoms with Gasteiger partial charge in [-0.2, -0.15) is 0 Å². The number of hydrogen-bond donors (Lipinski definition) is 1. The van der Waals surface area contributed by atoms with E-state index in [2.05, 4.69) is 67.7 Å². The Balaban J connectivity index is 1.75. The molecule has 3 nitrogen and oxygen atoms in total. The number of urea groups is 1. The summed E-state index contributed by atoms with van der Waals surface area (Å²) in [4.78, 5) is 15.0. The number of nitrogens with zero attached hydrogens (tertiary/aromatic N) is 1. The average molecular weight is 401 g/mol. The van der Waals surface area contributed by atoms with Crippen molar-refractivity contribution in [3.8, 4) is 0 Å². The maximum atomic E-state index is 13.0. The van der Waals surface area contributed by atoms with Gasteiger partial charge in [0.1, 0.15) is 0 Å². The number of nitrogens with one attached hydrogen (secondary N) is 1. The number of aryl methyl sites for hydroxylation is 1. The van der Waals surface area contributed by atoms with Crippen LogP contribution in [0.2, 0.25) is 0 Å². The molecule has 3 heteroatoms. The van der Waals surface area contributed by atoms with Gasteiger partial charge >= 0.3 is 6.03 Å². The molecule has 0 spiro atoms. The molecule has 0 aromatic heterocycles. The molecule has 0 aliphatic carbocycles. The van der Waals surface area contributed by atoms with Crippen LogP contribution in [0.5, 0.6) is 0 Å². The lowest BCUT2D eigenvalue weighted by Crippen LogP contribution is -2.38. The summed E-state index contributed by atoms with van der Waals surface area (Å²) >= 11 is 0. The molecule has 0 bridgehead atoms. The number of carbonyl (C=O) groups is 1. The fraction of sp³-hybridized carbons (Fsp3) is 0.296. The molecule has 0 aliphatic heterocycles. The first-order valence-corrected chi connectivity index (χ1v) is 10.8. The quantitative estimate of drug-likeness (QED) is 0.448. The predicted octanol–water partition coefficient (Wildman–Crippen LogP) is 6.71. The molecular weight excluding hydrogens is 368 g/mol. The first-order valence-electron chi connectivity index (χ1n) is 10.8. The van der Waals surface area contributed by atoms with Crippen molar-refractivity contribution in [3.05, 3.63) is 102 Å². The van der Waals surface area contributed by atoms with Gasteiger partial charge in [-0.25, -0.2) is 4.79 Å². The normalized spacial score (nSPS) is 11.0. The zero-order chi connectivity index (χ0) is 21.3. The average Bonchev–Trinajstić information content (AvgIpc) is 2.76. The van der Waals surface area contributed by atoms with E-state index in [1.54, 1.807) is 0 Å². The summed E-state index contributed by atoms with van der Waals surface area (Å²) in [6.45, 7) is 7.78. The van der Waals surface area contributed by atoms with Gasteiger partial charge in [-0.15, -0.1) is 0 Å². The van der Waals surface area contributed by atoms with Gasteiger partial charge in [0.25, 0.3) is 0 Å². The van der Waals surface area contributed by atoms with Gasteiger partial charge in [0.15, 0.2) is 0 Å². The van der Waals surface area contributed by atoms with Gasteiger partial charge in [-0.05, 0) is 42.5 Å². The summed E-state index contributed by atoms with van der Waals surface area (Å²) in [6.07, 6.45) is 0.877. The van der Waals surface area contributed by atoms with Crippen molar-refractivity contribution in [1.82, 2.24) is 4.90 Å². The Hall–Kier alpha value is -3.07. The maximum absolute atomic E-state index is 13.0. The molecule has 0 aliphatic rings. The van der Waals surface area contributed by atoms with Crippen LogP contribution < -0.4 is 5.32 Å². The third kappa shape index (κ3) is 6.21. The van der Waals surface area contributed by atoms with Gasteiger partial charge in [-0.3, -0.25) is 0 Å². The van der Waals surface area contributed by atoms with Crippen molar-refractivity contribution in [2.24, 2.45) is 5.92 Å². The number of anilines is 1. The second-order valence-electron chi connectivity index (χ2n) is 8.30. The molecule has 3 aromatic carbocycles. The van der Waals surface area contributed by atoms with Crippen molar-refractivity contribution in [2.75, 3.05) is 18.4 Å². The van der Waals surface area contributed by atoms with Crippen LogP contribution in [0.4, 0.5) is 10.5 Å². The second kappa shape index (κ2) is 10.6. The molecular formula is C27H32N2O. The SMILES string of the molecule is Cc1ccc(NC(=O)N(CCC(c2ccccc2)c2ccccc2)CC(C)C)cc1. The number of amides is 2. The molecule has 3 rings (SSSR count). The predicted molar refractivity (Wildman–Crippen MR) is 126 cm³/mol. The lowest BCUT2D eigenvalue weighted by atomic mass is 9.88. The van der Waals surface area contributed by atoms with Crippen molar-refractivity contribution in [2.45, 2.75) is 33.1 Å². The van der Waals surface area contributed by atoms with Crippen LogP contribution in [0.25, 0.3) is 0 Å². The first kappa shape index (κ1) is 21.6. The lowest BCUT2D eigenvalue weighted by molar-refractivity contribution is 0.203. The molecule has 2 amide bonds. The Kier molecular flexibility index (Phi) is 7.67. The van der Waals surface area contributed by atoms with E-state index in [0.717, 1.165) is 18.7 Å². The number of benzene rings is 3. The van der Waals surface area contributed by atoms with E-state index in [9.17, 15) is 4.79 Å². The zero-order valence-electron chi connectivity index (χ0n) is 18.2. The molecule has 0 saturated carbocycles. The second-order valence-corrected chi connectivity index (χ2v) is 8.30. The largest absolute Gasteiger partial charge is 0.324 e. The van der Waals surface area contributed by atoms with Crippen LogP contribution >= 0.6 is 0 Å². The summed E-state index contributed by atoms with van der Waals surface area (Å²) in [7, 11) is 0. The van der Waals surface area contributed by atoms with E-state index in [4.69, 9.17) is 0 Å². The molecule has 3 aromatic rings. The highest BCUT2D eigenvalue weighted by Gasteiger charge is 2.20. The summed E-state index contributed by atoms with van der Waals surface area (Å²) < 4.78 is 0. The van der Waals surface area contributed by atoms with Gasteiger partial charge in [-0.1, -0.05) is 92.2 Å². The summed E-state index contributed by atoms with van der Waals surface area (Å²) in [5, 5.41) is 3.06. The third-order valence-corrected chi connectivity index (χ3v) is 5.27. The van der Waals surface area contributed by atoms with Crippen LogP contribution in [0, 0.1) is 12.8 Å². The highest BCUT2D eigenvalue weighted by Crippen LogP contribution is 2.28. The Labute approximate surface area is 180 Å². The van der Waals surface area contributed by atoms with E-state index in [1.165, 1.54) is 16.7 Å². The molecule has 0 radical (unpaired) electrons. The lowest BCUT2D eigenvalue weighted by Gasteiger charge is -2.27. The van der Waals surface area contributed by atoms with Crippen molar-refractivity contribution < 1.29 is 4.79 Å². The van der Waals surface area contributed by atoms with Crippen molar-refractivity contribution in [3.63, 3.8) is 0 Å². The monoisotopic (exact) mass is 400 g/mol. The molecule has 156 valence electrons. The fourth-order valence-corrected chi connectivity index (χ4v) is 3.74. The first-order chi connectivity index (χ1) is 14.5. The number of carbonyl (C=O) groups excluding carboxylic acids is 1. The van der Waals surface area contributed by atoms with Crippen LogP contribution in [-0.4, -0.2) is 24.0 Å². The van der Waals surface area contributed by atoms with Crippen LogP contribution in [0.15, 0.2) is 84.9 Å². The molecule has 0 fully saturated rings. The number of rotatable bonds is 8. The smallest absolute Gasteiger partial charge is 0.321 e. The fourth-order valence-electron chi connectivity index (χ4n) is 3.74. The highest BCUT2D eigenvalue weighted by atomic mass is 16.2. The molecule has 0 atom stereocenters. The standard InChI is InChI=1S/C27H32N2O/c1-21(2)20-29(27(30)28-25-16-14-22(3)15-17-25)19-18-26(23-10-6-4-7-11-23)24-12-8-5-9-13-24/h4-17,21,26H,18-20H2,1-3H3,(H,28,30). The third-order valence-electron chi connectivity index (χ3n) is 5.27. The van der Waals surface area contributed by atoms with Crippen LogP contribution in [-0.2, 0) is 0 Å². The Morgan fingerprint density at radius 1 is 0.833 bits per heavy atom.